The SMILES string of the molecule is CNCCC(O)C(O)c1ccc2c(c1)C(=O)NC2. The van der Waals surface area contributed by atoms with E-state index < -0.39 is 12.2 Å². The third kappa shape index (κ3) is 2.53. The van der Waals surface area contributed by atoms with Crippen LogP contribution in [0.4, 0.5) is 0 Å². The van der Waals surface area contributed by atoms with E-state index in [-0.39, 0.29) is 5.91 Å². The summed E-state index contributed by atoms with van der Waals surface area (Å²) in [5.41, 5.74) is 2.10. The average molecular weight is 250 g/mol. The van der Waals surface area contributed by atoms with Gasteiger partial charge in [-0.1, -0.05) is 12.1 Å². The minimum absolute atomic E-state index is 0.122. The predicted molar refractivity (Wildman–Crippen MR) is 67.1 cm³/mol. The van der Waals surface area contributed by atoms with Gasteiger partial charge < -0.3 is 20.8 Å². The topological polar surface area (TPSA) is 81.6 Å². The molecule has 1 aliphatic rings. The minimum atomic E-state index is -0.961. The van der Waals surface area contributed by atoms with E-state index in [1.807, 2.05) is 6.07 Å². The fourth-order valence-electron chi connectivity index (χ4n) is 2.09. The lowest BCUT2D eigenvalue weighted by Crippen LogP contribution is -2.23. The highest BCUT2D eigenvalue weighted by Crippen LogP contribution is 2.24. The van der Waals surface area contributed by atoms with Crippen LogP contribution in [0.1, 0.15) is 34.0 Å². The molecular weight excluding hydrogens is 232 g/mol. The van der Waals surface area contributed by atoms with E-state index >= 15 is 0 Å². The number of hydrogen-bond donors (Lipinski definition) is 4. The fraction of sp³-hybridized carbons (Fsp3) is 0.462. The summed E-state index contributed by atoms with van der Waals surface area (Å²) in [7, 11) is 1.79. The van der Waals surface area contributed by atoms with E-state index in [9.17, 15) is 15.0 Å². The third-order valence-electron chi connectivity index (χ3n) is 3.21. The molecule has 0 fully saturated rings. The molecule has 1 aromatic carbocycles. The van der Waals surface area contributed by atoms with E-state index in [1.54, 1.807) is 19.2 Å². The van der Waals surface area contributed by atoms with Crippen LogP contribution < -0.4 is 10.6 Å². The van der Waals surface area contributed by atoms with Crippen LogP contribution in [0.5, 0.6) is 0 Å². The highest BCUT2D eigenvalue weighted by atomic mass is 16.3. The van der Waals surface area contributed by atoms with Gasteiger partial charge in [0.05, 0.1) is 6.10 Å². The van der Waals surface area contributed by atoms with E-state index in [0.29, 0.717) is 30.6 Å². The number of carbonyl (C=O) groups excluding carboxylic acids is 1. The molecule has 0 radical (unpaired) electrons. The van der Waals surface area contributed by atoms with Crippen LogP contribution >= 0.6 is 0 Å². The molecule has 4 N–H and O–H groups in total. The van der Waals surface area contributed by atoms with Gasteiger partial charge in [0.15, 0.2) is 0 Å². The number of carbonyl (C=O) groups is 1. The number of fused-ring (bicyclic) bond motifs is 1. The smallest absolute Gasteiger partial charge is 0.251 e. The van der Waals surface area contributed by atoms with Crippen LogP contribution in [0.25, 0.3) is 0 Å². The van der Waals surface area contributed by atoms with Crippen LogP contribution in [-0.4, -0.2) is 35.8 Å². The number of aliphatic hydroxyl groups is 2. The first-order chi connectivity index (χ1) is 8.63. The second-order valence-corrected chi connectivity index (χ2v) is 4.50. The number of rotatable bonds is 5. The van der Waals surface area contributed by atoms with E-state index in [2.05, 4.69) is 10.6 Å². The molecule has 98 valence electrons. The molecule has 18 heavy (non-hydrogen) atoms. The summed E-state index contributed by atoms with van der Waals surface area (Å²) in [4.78, 5) is 11.5. The van der Waals surface area contributed by atoms with Gasteiger partial charge in [0, 0.05) is 12.1 Å². The Labute approximate surface area is 106 Å². The molecule has 5 nitrogen and oxygen atoms in total. The zero-order chi connectivity index (χ0) is 13.1. The van der Waals surface area contributed by atoms with Gasteiger partial charge in [-0.15, -0.1) is 0 Å². The highest BCUT2D eigenvalue weighted by molar-refractivity contribution is 5.98. The van der Waals surface area contributed by atoms with Gasteiger partial charge in [-0.05, 0) is 37.2 Å². The Morgan fingerprint density at radius 3 is 2.94 bits per heavy atom. The molecule has 1 heterocycles. The van der Waals surface area contributed by atoms with Crippen molar-refractivity contribution in [2.45, 2.75) is 25.2 Å². The molecule has 2 rings (SSSR count). The molecule has 1 aromatic rings. The summed E-state index contributed by atoms with van der Waals surface area (Å²) < 4.78 is 0. The minimum Gasteiger partial charge on any atom is -0.390 e. The van der Waals surface area contributed by atoms with Gasteiger partial charge in [-0.3, -0.25) is 4.79 Å². The van der Waals surface area contributed by atoms with Gasteiger partial charge in [0.1, 0.15) is 6.10 Å². The van der Waals surface area contributed by atoms with E-state index in [1.165, 1.54) is 0 Å². The molecule has 0 saturated carbocycles. The molecule has 0 spiro atoms. The molecule has 0 aromatic heterocycles. The first-order valence-corrected chi connectivity index (χ1v) is 6.05. The molecular formula is C13H18N2O3. The van der Waals surface area contributed by atoms with Crippen LogP contribution in [0.3, 0.4) is 0 Å². The highest BCUT2D eigenvalue weighted by Gasteiger charge is 2.23. The maximum atomic E-state index is 11.5. The number of amides is 1. The Morgan fingerprint density at radius 1 is 1.44 bits per heavy atom. The number of hydrogen-bond acceptors (Lipinski definition) is 4. The fourth-order valence-corrected chi connectivity index (χ4v) is 2.09. The average Bonchev–Trinajstić information content (AvgIpc) is 2.76. The van der Waals surface area contributed by atoms with Gasteiger partial charge in [0.2, 0.25) is 0 Å². The standard InChI is InChI=1S/C13H18N2O3/c1-14-5-4-11(16)12(17)8-2-3-9-7-15-13(18)10(9)6-8/h2-3,6,11-12,14,16-17H,4-5,7H2,1H3,(H,15,18). The lowest BCUT2D eigenvalue weighted by Gasteiger charge is -2.18. The van der Waals surface area contributed by atoms with Crippen LogP contribution in [0.2, 0.25) is 0 Å². The second-order valence-electron chi connectivity index (χ2n) is 4.50. The second kappa shape index (κ2) is 5.48. The Bertz CT molecular complexity index is 448. The number of nitrogens with one attached hydrogen (secondary N) is 2. The maximum Gasteiger partial charge on any atom is 0.251 e. The summed E-state index contributed by atoms with van der Waals surface area (Å²) >= 11 is 0. The Balaban J connectivity index is 2.14. The van der Waals surface area contributed by atoms with Crippen molar-refractivity contribution >= 4 is 5.91 Å². The van der Waals surface area contributed by atoms with E-state index in [4.69, 9.17) is 0 Å². The summed E-state index contributed by atoms with van der Waals surface area (Å²) in [5.74, 6) is -0.122. The van der Waals surface area contributed by atoms with E-state index in [0.717, 1.165) is 5.56 Å². The molecule has 0 saturated heterocycles. The molecule has 0 bridgehead atoms. The van der Waals surface area contributed by atoms with Crippen molar-refractivity contribution < 1.29 is 15.0 Å². The molecule has 1 amide bonds. The molecule has 2 unspecified atom stereocenters. The van der Waals surface area contributed by atoms with Crippen molar-refractivity contribution in [1.29, 1.82) is 0 Å². The quantitative estimate of drug-likeness (QED) is 0.590. The van der Waals surface area contributed by atoms with Crippen molar-refractivity contribution in [2.75, 3.05) is 13.6 Å². The summed E-state index contributed by atoms with van der Waals surface area (Å²) in [5, 5.41) is 25.5. The first kappa shape index (κ1) is 13.0. The van der Waals surface area contributed by atoms with Gasteiger partial charge in [-0.2, -0.15) is 0 Å². The van der Waals surface area contributed by atoms with Crippen LogP contribution in [-0.2, 0) is 6.54 Å². The number of aliphatic hydroxyl groups excluding tert-OH is 2. The largest absolute Gasteiger partial charge is 0.390 e. The van der Waals surface area contributed by atoms with Crippen molar-refractivity contribution in [3.63, 3.8) is 0 Å². The van der Waals surface area contributed by atoms with Crippen molar-refractivity contribution in [2.24, 2.45) is 0 Å². The normalized spacial score (nSPS) is 17.2. The third-order valence-corrected chi connectivity index (χ3v) is 3.21. The maximum absolute atomic E-state index is 11.5. The summed E-state index contributed by atoms with van der Waals surface area (Å²) in [6.07, 6.45) is -1.34. The Morgan fingerprint density at radius 2 is 2.22 bits per heavy atom. The lowest BCUT2D eigenvalue weighted by atomic mass is 9.98. The van der Waals surface area contributed by atoms with Crippen LogP contribution in [0.15, 0.2) is 18.2 Å². The zero-order valence-corrected chi connectivity index (χ0v) is 10.3. The van der Waals surface area contributed by atoms with Crippen molar-refractivity contribution in [3.05, 3.63) is 34.9 Å². The first-order valence-electron chi connectivity index (χ1n) is 6.05. The van der Waals surface area contributed by atoms with Gasteiger partial charge in [0.25, 0.3) is 5.91 Å². The molecule has 1 aliphatic heterocycles. The Kier molecular flexibility index (Phi) is 3.96. The molecule has 5 heteroatoms. The van der Waals surface area contributed by atoms with Crippen LogP contribution in [0, 0.1) is 0 Å². The summed E-state index contributed by atoms with van der Waals surface area (Å²) in [6, 6.07) is 5.23. The summed E-state index contributed by atoms with van der Waals surface area (Å²) in [6.45, 7) is 1.16. The lowest BCUT2D eigenvalue weighted by molar-refractivity contribution is 0.0140. The monoisotopic (exact) mass is 250 g/mol. The number of benzene rings is 1. The zero-order valence-electron chi connectivity index (χ0n) is 10.3. The predicted octanol–water partition coefficient (Wildman–Crippen LogP) is -0.0662. The molecule has 2 atom stereocenters. The van der Waals surface area contributed by atoms with Gasteiger partial charge in [-0.25, -0.2) is 0 Å². The molecule has 0 aliphatic carbocycles. The van der Waals surface area contributed by atoms with Crippen molar-refractivity contribution in [1.82, 2.24) is 10.6 Å². The van der Waals surface area contributed by atoms with Gasteiger partial charge >= 0.3 is 0 Å². The Hall–Kier alpha value is -1.43. The van der Waals surface area contributed by atoms with Crippen molar-refractivity contribution in [3.8, 4) is 0 Å².